The number of hydrogen-bond donors (Lipinski definition) is 0. The van der Waals surface area contributed by atoms with E-state index in [9.17, 15) is 0 Å². The first-order chi connectivity index (χ1) is 24.3. The minimum absolute atomic E-state index is 0.985. The zero-order valence-electron chi connectivity index (χ0n) is 28.6. The van der Waals surface area contributed by atoms with Crippen LogP contribution in [-0.2, 0) is 6.32 Å². The van der Waals surface area contributed by atoms with Crippen molar-refractivity contribution >= 4 is 45.7 Å². The molecule has 0 heterocycles. The van der Waals surface area contributed by atoms with Gasteiger partial charge in [0, 0.05) is 0 Å². The van der Waals surface area contributed by atoms with Crippen molar-refractivity contribution in [2.75, 3.05) is 6.16 Å². The summed E-state index contributed by atoms with van der Waals surface area (Å²) in [4.78, 5) is 0. The topological polar surface area (TPSA) is 0 Å². The molecule has 0 fully saturated rings. The molecule has 0 saturated heterocycles. The predicted molar refractivity (Wildman–Crippen MR) is 219 cm³/mol. The van der Waals surface area contributed by atoms with Crippen molar-refractivity contribution in [3.63, 3.8) is 0 Å². The van der Waals surface area contributed by atoms with E-state index >= 15 is 0 Å². The molecule has 0 unspecified atom stereocenters. The van der Waals surface area contributed by atoms with Crippen LogP contribution in [-0.4, -0.2) is 12.3 Å². The quantitative estimate of drug-likeness (QED) is 0.0969. The molecule has 0 aliphatic carbocycles. The van der Waals surface area contributed by atoms with Gasteiger partial charge in [0.05, 0.1) is 12.3 Å². The maximum atomic E-state index is 2.32. The molecular formula is C47H46BP. The van der Waals surface area contributed by atoms with Gasteiger partial charge in [-0.2, -0.15) is 16.4 Å². The Bertz CT molecular complexity index is 1740. The molecule has 0 radical (unpaired) electrons. The number of unbranched alkanes of at least 4 members (excludes halogenated alkanes) is 1. The van der Waals surface area contributed by atoms with Gasteiger partial charge in [-0.3, -0.25) is 0 Å². The predicted octanol–water partition coefficient (Wildman–Crippen LogP) is 8.72. The summed E-state index contributed by atoms with van der Waals surface area (Å²) in [6, 6.07) is 77.1. The number of hydrogen-bond acceptors (Lipinski definition) is 0. The van der Waals surface area contributed by atoms with Gasteiger partial charge in [-0.15, -0.1) is 6.32 Å². The van der Waals surface area contributed by atoms with Gasteiger partial charge in [-0.25, -0.2) is 0 Å². The van der Waals surface area contributed by atoms with Crippen molar-refractivity contribution in [1.82, 2.24) is 0 Å². The minimum Gasteiger partial charge on any atom is -0.200 e. The Hall–Kier alpha value is -4.97. The van der Waals surface area contributed by atoms with E-state index in [0.717, 1.165) is 6.32 Å². The molecule has 242 valence electrons. The van der Waals surface area contributed by atoms with E-state index in [1.807, 2.05) is 0 Å². The Labute approximate surface area is 294 Å². The lowest BCUT2D eigenvalue weighted by Crippen LogP contribution is -2.68. The highest BCUT2D eigenvalue weighted by Crippen LogP contribution is 2.55. The molecule has 49 heavy (non-hydrogen) atoms. The van der Waals surface area contributed by atoms with Crippen LogP contribution in [0.4, 0.5) is 0 Å². The van der Waals surface area contributed by atoms with E-state index in [4.69, 9.17) is 0 Å². The van der Waals surface area contributed by atoms with Crippen LogP contribution >= 0.6 is 7.26 Å². The van der Waals surface area contributed by atoms with Crippen LogP contribution < -0.4 is 32.3 Å². The van der Waals surface area contributed by atoms with E-state index in [1.54, 1.807) is 0 Å². The first-order valence-corrected chi connectivity index (χ1v) is 19.7. The summed E-state index contributed by atoms with van der Waals surface area (Å²) in [6.45, 7) is 2.29. The molecule has 0 amide bonds. The van der Waals surface area contributed by atoms with Gasteiger partial charge in [-0.1, -0.05) is 195 Å². The molecule has 0 aliphatic rings. The van der Waals surface area contributed by atoms with Gasteiger partial charge in [-0.05, 0) is 42.8 Å². The molecule has 7 rings (SSSR count). The number of rotatable bonds is 11. The first-order valence-electron chi connectivity index (χ1n) is 17.7. The molecular weight excluding hydrogens is 606 g/mol. The summed E-state index contributed by atoms with van der Waals surface area (Å²) in [7, 11) is -1.57. The average molecular weight is 653 g/mol. The first kappa shape index (κ1) is 33.9. The van der Waals surface area contributed by atoms with Crippen LogP contribution in [0.1, 0.15) is 25.3 Å². The molecule has 0 saturated carbocycles. The van der Waals surface area contributed by atoms with Gasteiger partial charge in [0.2, 0.25) is 0 Å². The lowest BCUT2D eigenvalue weighted by Gasteiger charge is -2.43. The van der Waals surface area contributed by atoms with Gasteiger partial charge in [0.1, 0.15) is 23.2 Å². The normalized spacial score (nSPS) is 11.3. The summed E-state index contributed by atoms with van der Waals surface area (Å²) in [6.07, 6.45) is 3.62. The van der Waals surface area contributed by atoms with Crippen molar-refractivity contribution in [3.05, 3.63) is 218 Å². The summed E-state index contributed by atoms with van der Waals surface area (Å²) < 4.78 is 0. The van der Waals surface area contributed by atoms with E-state index < -0.39 is 13.4 Å². The lowest BCUT2D eigenvalue weighted by molar-refractivity contribution is 0.891. The maximum absolute atomic E-state index is 2.32. The second kappa shape index (κ2) is 16.9. The highest BCUT2D eigenvalue weighted by atomic mass is 31.2. The molecule has 0 aliphatic heterocycles. The van der Waals surface area contributed by atoms with E-state index in [1.165, 1.54) is 56.9 Å². The standard InChI is InChI=1S/C25H22B.C22H24P/c1-5-13-22(14-6-1)21-26(23-15-7-2-8-16-23,24-17-9-3-10-18-24)25-19-11-4-12-20-25;1-2-3-19-23(20-13-7-4-8-14-20,21-15-9-5-10-16-21)22-17-11-6-12-18-22/h1-20H,21H2;4-18H,2-3,19H2,1H3/q-1;+1. The van der Waals surface area contributed by atoms with Crippen molar-refractivity contribution in [3.8, 4) is 0 Å². The van der Waals surface area contributed by atoms with Crippen LogP contribution in [0.15, 0.2) is 212 Å². The van der Waals surface area contributed by atoms with Gasteiger partial charge >= 0.3 is 0 Å². The second-order valence-corrected chi connectivity index (χ2v) is 16.5. The van der Waals surface area contributed by atoms with Crippen molar-refractivity contribution in [2.45, 2.75) is 26.1 Å². The third kappa shape index (κ3) is 7.70. The van der Waals surface area contributed by atoms with E-state index in [-0.39, 0.29) is 0 Å². The van der Waals surface area contributed by atoms with Crippen LogP contribution in [0.3, 0.4) is 0 Å². The molecule has 2 heteroatoms. The lowest BCUT2D eigenvalue weighted by atomic mass is 9.14. The molecule has 0 atom stereocenters. The third-order valence-corrected chi connectivity index (χ3v) is 14.5. The smallest absolute Gasteiger partial charge is 0.112 e. The molecule has 0 bridgehead atoms. The Balaban J connectivity index is 0.000000171. The number of benzene rings is 7. The Morgan fingerprint density at radius 2 is 0.653 bits per heavy atom. The summed E-state index contributed by atoms with van der Waals surface area (Å²) in [5.41, 5.74) is 5.51. The second-order valence-electron chi connectivity index (χ2n) is 12.9. The molecule has 0 aromatic heterocycles. The van der Waals surface area contributed by atoms with E-state index in [2.05, 4.69) is 219 Å². The van der Waals surface area contributed by atoms with Crippen LogP contribution in [0.2, 0.25) is 0 Å². The molecule has 0 spiro atoms. The SMILES string of the molecule is CCCC[P+](c1ccccc1)(c1ccccc1)c1ccccc1.c1ccc(C[B-](c2ccccc2)(c2ccccc2)c2ccccc2)cc1. The van der Waals surface area contributed by atoms with Crippen LogP contribution in [0.5, 0.6) is 0 Å². The van der Waals surface area contributed by atoms with Crippen molar-refractivity contribution in [1.29, 1.82) is 0 Å². The Kier molecular flexibility index (Phi) is 11.7. The fraction of sp³-hybridized carbons (Fsp3) is 0.106. The molecule has 7 aromatic carbocycles. The summed E-state index contributed by atoms with van der Waals surface area (Å²) in [5, 5.41) is 4.47. The largest absolute Gasteiger partial charge is 0.200 e. The fourth-order valence-corrected chi connectivity index (χ4v) is 12.0. The summed E-state index contributed by atoms with van der Waals surface area (Å²) >= 11 is 0. The highest BCUT2D eigenvalue weighted by molar-refractivity contribution is 7.95. The monoisotopic (exact) mass is 652 g/mol. The van der Waals surface area contributed by atoms with Gasteiger partial charge in [0.25, 0.3) is 0 Å². The molecule has 7 aromatic rings. The van der Waals surface area contributed by atoms with Crippen molar-refractivity contribution in [2.24, 2.45) is 0 Å². The Morgan fingerprint density at radius 1 is 0.367 bits per heavy atom. The Morgan fingerprint density at radius 3 is 0.959 bits per heavy atom. The third-order valence-electron chi connectivity index (χ3n) is 9.93. The fourth-order valence-electron chi connectivity index (χ4n) is 7.52. The highest BCUT2D eigenvalue weighted by Gasteiger charge is 2.44. The van der Waals surface area contributed by atoms with E-state index in [0.29, 0.717) is 0 Å². The van der Waals surface area contributed by atoms with Gasteiger partial charge < -0.3 is 0 Å². The molecule has 0 N–H and O–H groups in total. The zero-order chi connectivity index (χ0) is 33.6. The van der Waals surface area contributed by atoms with Gasteiger partial charge in [0.15, 0.2) is 0 Å². The van der Waals surface area contributed by atoms with Crippen molar-refractivity contribution < 1.29 is 0 Å². The van der Waals surface area contributed by atoms with Crippen LogP contribution in [0, 0.1) is 0 Å². The minimum atomic E-state index is -1.57. The average Bonchev–Trinajstić information content (AvgIpc) is 3.20. The zero-order valence-corrected chi connectivity index (χ0v) is 29.5. The molecule has 0 nitrogen and oxygen atoms in total. The maximum Gasteiger partial charge on any atom is 0.112 e. The summed E-state index contributed by atoms with van der Waals surface area (Å²) in [5.74, 6) is 0. The van der Waals surface area contributed by atoms with Crippen LogP contribution in [0.25, 0.3) is 0 Å².